The summed E-state index contributed by atoms with van der Waals surface area (Å²) in [6, 6.07) is 0. The van der Waals surface area contributed by atoms with Gasteiger partial charge in [0.25, 0.3) is 0 Å². The van der Waals surface area contributed by atoms with E-state index in [4.69, 9.17) is 0 Å². The Morgan fingerprint density at radius 1 is 1.25 bits per heavy atom. The van der Waals surface area contributed by atoms with Crippen LogP contribution in [0.1, 0.15) is 48.0 Å². The lowest BCUT2D eigenvalue weighted by Crippen LogP contribution is -2.25. The van der Waals surface area contributed by atoms with Crippen LogP contribution in [0.5, 0.6) is 0 Å². The minimum Gasteiger partial charge on any atom is -0.100 e. The van der Waals surface area contributed by atoms with Gasteiger partial charge in [0.05, 0.1) is 0 Å². The first-order valence-corrected chi connectivity index (χ1v) is 4.91. The predicted octanol–water partition coefficient (Wildman–Crippen LogP) is 4.27. The number of hydrogen-bond acceptors (Lipinski definition) is 0. The maximum absolute atomic E-state index is 3.98. The quantitative estimate of drug-likeness (QED) is 0.550. The molecule has 0 spiro atoms. The Labute approximate surface area is 78.1 Å². The summed E-state index contributed by atoms with van der Waals surface area (Å²) in [5.41, 5.74) is 1.70. The first-order chi connectivity index (χ1) is 5.27. The van der Waals surface area contributed by atoms with E-state index in [2.05, 4.69) is 48.1 Å². The summed E-state index contributed by atoms with van der Waals surface area (Å²) in [4.78, 5) is 0. The van der Waals surface area contributed by atoms with E-state index in [0.29, 0.717) is 5.41 Å². The second-order valence-corrected chi connectivity index (χ2v) is 5.16. The molecule has 1 unspecified atom stereocenters. The van der Waals surface area contributed by atoms with Gasteiger partial charge in [0, 0.05) is 0 Å². The number of rotatable bonds is 4. The standard InChI is InChI=1S/C12H24/c1-9(2)8-12(6,7)11(5)10(3)4/h10-11H,1,8H2,2-7H3. The van der Waals surface area contributed by atoms with E-state index in [0.717, 1.165) is 18.3 Å². The highest BCUT2D eigenvalue weighted by Gasteiger charge is 2.27. The first kappa shape index (κ1) is 11.7. The van der Waals surface area contributed by atoms with Gasteiger partial charge in [0.15, 0.2) is 0 Å². The van der Waals surface area contributed by atoms with Crippen LogP contribution in [0.25, 0.3) is 0 Å². The second kappa shape index (κ2) is 4.11. The van der Waals surface area contributed by atoms with Gasteiger partial charge in [0.2, 0.25) is 0 Å². The lowest BCUT2D eigenvalue weighted by molar-refractivity contribution is 0.174. The van der Waals surface area contributed by atoms with Crippen molar-refractivity contribution < 1.29 is 0 Å². The molecule has 0 heterocycles. The summed E-state index contributed by atoms with van der Waals surface area (Å²) in [7, 11) is 0. The molecule has 1 atom stereocenters. The topological polar surface area (TPSA) is 0 Å². The maximum Gasteiger partial charge on any atom is -0.0271 e. The van der Waals surface area contributed by atoms with Gasteiger partial charge >= 0.3 is 0 Å². The van der Waals surface area contributed by atoms with Gasteiger partial charge in [-0.25, -0.2) is 0 Å². The van der Waals surface area contributed by atoms with E-state index < -0.39 is 0 Å². The maximum atomic E-state index is 3.98. The molecule has 0 aliphatic carbocycles. The summed E-state index contributed by atoms with van der Waals surface area (Å²) in [6.45, 7) is 17.7. The van der Waals surface area contributed by atoms with Crippen LogP contribution < -0.4 is 0 Å². The van der Waals surface area contributed by atoms with E-state index in [1.165, 1.54) is 5.57 Å². The summed E-state index contributed by atoms with van der Waals surface area (Å²) < 4.78 is 0. The molecular formula is C12H24. The molecule has 0 radical (unpaired) electrons. The molecule has 0 aliphatic rings. The zero-order chi connectivity index (χ0) is 9.94. The molecule has 0 aliphatic heterocycles. The molecule has 0 aromatic heterocycles. The summed E-state index contributed by atoms with van der Waals surface area (Å²) in [6.07, 6.45) is 1.15. The van der Waals surface area contributed by atoms with Gasteiger partial charge < -0.3 is 0 Å². The fourth-order valence-corrected chi connectivity index (χ4v) is 1.84. The predicted molar refractivity (Wildman–Crippen MR) is 57.2 cm³/mol. The largest absolute Gasteiger partial charge is 0.100 e. The Balaban J connectivity index is 4.28. The van der Waals surface area contributed by atoms with Crippen molar-refractivity contribution >= 4 is 0 Å². The Kier molecular flexibility index (Phi) is 4.02. The van der Waals surface area contributed by atoms with E-state index >= 15 is 0 Å². The van der Waals surface area contributed by atoms with Crippen LogP contribution in [-0.2, 0) is 0 Å². The minimum absolute atomic E-state index is 0.403. The smallest absolute Gasteiger partial charge is 0.0271 e. The van der Waals surface area contributed by atoms with Crippen LogP contribution in [-0.4, -0.2) is 0 Å². The molecule has 0 heteroatoms. The van der Waals surface area contributed by atoms with E-state index in [9.17, 15) is 0 Å². The van der Waals surface area contributed by atoms with Crippen LogP contribution in [0.4, 0.5) is 0 Å². The SMILES string of the molecule is C=C(C)CC(C)(C)C(C)C(C)C. The van der Waals surface area contributed by atoms with Crippen LogP contribution in [0, 0.1) is 17.3 Å². The van der Waals surface area contributed by atoms with E-state index in [1.807, 2.05) is 0 Å². The van der Waals surface area contributed by atoms with Gasteiger partial charge in [-0.1, -0.05) is 40.2 Å². The van der Waals surface area contributed by atoms with Gasteiger partial charge in [-0.05, 0) is 30.6 Å². The Hall–Kier alpha value is -0.260. The molecule has 0 rings (SSSR count). The number of allylic oxidation sites excluding steroid dienone is 1. The third kappa shape index (κ3) is 3.42. The highest BCUT2D eigenvalue weighted by atomic mass is 14.3. The lowest BCUT2D eigenvalue weighted by atomic mass is 9.71. The zero-order valence-corrected chi connectivity index (χ0v) is 9.57. The molecule has 0 saturated heterocycles. The Bertz CT molecular complexity index is 151. The minimum atomic E-state index is 0.403. The molecule has 0 saturated carbocycles. The molecule has 72 valence electrons. The van der Waals surface area contributed by atoms with Crippen molar-refractivity contribution in [2.24, 2.45) is 17.3 Å². The van der Waals surface area contributed by atoms with Crippen LogP contribution in [0.3, 0.4) is 0 Å². The van der Waals surface area contributed by atoms with Gasteiger partial charge in [0.1, 0.15) is 0 Å². The third-order valence-corrected chi connectivity index (χ3v) is 2.99. The molecule has 0 N–H and O–H groups in total. The number of hydrogen-bond donors (Lipinski definition) is 0. The average molecular weight is 168 g/mol. The Morgan fingerprint density at radius 2 is 1.67 bits per heavy atom. The van der Waals surface area contributed by atoms with Crippen molar-refractivity contribution in [3.05, 3.63) is 12.2 Å². The molecule has 0 amide bonds. The molecule has 0 aromatic carbocycles. The summed E-state index contributed by atoms with van der Waals surface area (Å²) >= 11 is 0. The van der Waals surface area contributed by atoms with Gasteiger partial charge in [-0.15, -0.1) is 6.58 Å². The highest BCUT2D eigenvalue weighted by molar-refractivity contribution is 4.95. The zero-order valence-electron chi connectivity index (χ0n) is 9.57. The van der Waals surface area contributed by atoms with Crippen LogP contribution >= 0.6 is 0 Å². The molecule has 12 heavy (non-hydrogen) atoms. The van der Waals surface area contributed by atoms with Crippen LogP contribution in [0.15, 0.2) is 12.2 Å². The van der Waals surface area contributed by atoms with Crippen molar-refractivity contribution in [2.45, 2.75) is 48.0 Å². The van der Waals surface area contributed by atoms with Crippen LogP contribution in [0.2, 0.25) is 0 Å². The van der Waals surface area contributed by atoms with Crippen molar-refractivity contribution in [2.75, 3.05) is 0 Å². The first-order valence-electron chi connectivity index (χ1n) is 4.91. The summed E-state index contributed by atoms with van der Waals surface area (Å²) in [5, 5.41) is 0. The van der Waals surface area contributed by atoms with Crippen molar-refractivity contribution in [1.82, 2.24) is 0 Å². The van der Waals surface area contributed by atoms with E-state index in [1.54, 1.807) is 0 Å². The molecular weight excluding hydrogens is 144 g/mol. The fourth-order valence-electron chi connectivity index (χ4n) is 1.84. The van der Waals surface area contributed by atoms with Gasteiger partial charge in [-0.3, -0.25) is 0 Å². The normalized spacial score (nSPS) is 14.9. The second-order valence-electron chi connectivity index (χ2n) is 5.16. The van der Waals surface area contributed by atoms with Crippen molar-refractivity contribution in [3.63, 3.8) is 0 Å². The third-order valence-electron chi connectivity index (χ3n) is 2.99. The average Bonchev–Trinajstić information content (AvgIpc) is 1.82. The van der Waals surface area contributed by atoms with Crippen molar-refractivity contribution in [1.29, 1.82) is 0 Å². The lowest BCUT2D eigenvalue weighted by Gasteiger charge is -2.34. The summed E-state index contributed by atoms with van der Waals surface area (Å²) in [5.74, 6) is 1.52. The highest BCUT2D eigenvalue weighted by Crippen LogP contribution is 2.37. The fraction of sp³-hybridized carbons (Fsp3) is 0.833. The molecule has 0 fully saturated rings. The molecule has 0 aromatic rings. The van der Waals surface area contributed by atoms with E-state index in [-0.39, 0.29) is 0 Å². The van der Waals surface area contributed by atoms with Crippen molar-refractivity contribution in [3.8, 4) is 0 Å². The van der Waals surface area contributed by atoms with Gasteiger partial charge in [-0.2, -0.15) is 0 Å². The Morgan fingerprint density at radius 3 is 1.92 bits per heavy atom. The molecule has 0 nitrogen and oxygen atoms in total. The monoisotopic (exact) mass is 168 g/mol. The molecule has 0 bridgehead atoms.